The third kappa shape index (κ3) is 1.74. The van der Waals surface area contributed by atoms with E-state index in [1.807, 2.05) is 4.57 Å². The molecule has 0 radical (unpaired) electrons. The van der Waals surface area contributed by atoms with Crippen molar-refractivity contribution >= 4 is 33.0 Å². The van der Waals surface area contributed by atoms with Gasteiger partial charge in [-0.3, -0.25) is 13.9 Å². The van der Waals surface area contributed by atoms with Crippen molar-refractivity contribution in [3.05, 3.63) is 20.8 Å². The van der Waals surface area contributed by atoms with Crippen LogP contribution in [-0.2, 0) is 20.6 Å². The molecule has 0 saturated heterocycles. The lowest BCUT2D eigenvalue weighted by Crippen LogP contribution is -2.37. The fourth-order valence-electron chi connectivity index (χ4n) is 2.67. The van der Waals surface area contributed by atoms with Crippen molar-refractivity contribution < 1.29 is 0 Å². The molecule has 0 N–H and O–H groups in total. The van der Waals surface area contributed by atoms with Crippen LogP contribution < -0.4 is 16.1 Å². The van der Waals surface area contributed by atoms with Gasteiger partial charge in [0.2, 0.25) is 5.95 Å². The molecule has 0 fully saturated rings. The summed E-state index contributed by atoms with van der Waals surface area (Å²) in [5.74, 6) is 0.791. The Morgan fingerprint density at radius 1 is 1.20 bits per heavy atom. The van der Waals surface area contributed by atoms with Gasteiger partial charge in [-0.1, -0.05) is 15.9 Å². The van der Waals surface area contributed by atoms with Crippen LogP contribution in [0.4, 0.5) is 5.95 Å². The number of aryl methyl sites for hydroxylation is 1. The van der Waals surface area contributed by atoms with Gasteiger partial charge >= 0.3 is 5.69 Å². The summed E-state index contributed by atoms with van der Waals surface area (Å²) in [6, 6.07) is 0. The zero-order valence-electron chi connectivity index (χ0n) is 11.5. The Bertz CT molecular complexity index is 788. The average Bonchev–Trinajstić information content (AvgIpc) is 2.99. The average molecular weight is 342 g/mol. The number of imidazole rings is 1. The fourth-order valence-corrected chi connectivity index (χ4v) is 2.92. The number of nitrogens with zero attached hydrogens (tertiary/aromatic N) is 5. The first kappa shape index (κ1) is 13.4. The van der Waals surface area contributed by atoms with Gasteiger partial charge in [-0.2, -0.15) is 4.98 Å². The highest BCUT2D eigenvalue weighted by Gasteiger charge is 2.26. The van der Waals surface area contributed by atoms with E-state index in [9.17, 15) is 9.59 Å². The topological polar surface area (TPSA) is 65.1 Å². The number of alkyl halides is 1. The van der Waals surface area contributed by atoms with Gasteiger partial charge in [0, 0.05) is 39.1 Å². The predicted octanol–water partition coefficient (Wildman–Crippen LogP) is 0.0387. The van der Waals surface area contributed by atoms with Crippen LogP contribution in [0.5, 0.6) is 0 Å². The normalized spacial score (nSPS) is 14.2. The molecule has 1 aliphatic rings. The van der Waals surface area contributed by atoms with Crippen LogP contribution in [0.2, 0.25) is 0 Å². The van der Waals surface area contributed by atoms with E-state index in [-0.39, 0.29) is 11.2 Å². The van der Waals surface area contributed by atoms with Gasteiger partial charge < -0.3 is 9.47 Å². The van der Waals surface area contributed by atoms with Crippen LogP contribution in [0, 0.1) is 0 Å². The lowest BCUT2D eigenvalue weighted by molar-refractivity contribution is 0.697. The molecule has 0 unspecified atom stereocenters. The third-order valence-electron chi connectivity index (χ3n) is 3.77. The zero-order valence-corrected chi connectivity index (χ0v) is 13.1. The van der Waals surface area contributed by atoms with E-state index in [0.29, 0.717) is 11.2 Å². The van der Waals surface area contributed by atoms with Crippen molar-refractivity contribution in [3.8, 4) is 0 Å². The molecule has 3 rings (SSSR count). The van der Waals surface area contributed by atoms with Crippen molar-refractivity contribution in [2.75, 3.05) is 23.3 Å². The Balaban J connectivity index is 2.24. The van der Waals surface area contributed by atoms with Crippen LogP contribution >= 0.6 is 15.9 Å². The molecule has 20 heavy (non-hydrogen) atoms. The molecule has 0 spiro atoms. The molecule has 0 bridgehead atoms. The van der Waals surface area contributed by atoms with Crippen LogP contribution in [0.15, 0.2) is 9.59 Å². The van der Waals surface area contributed by atoms with Crippen LogP contribution in [0.25, 0.3) is 11.2 Å². The van der Waals surface area contributed by atoms with E-state index in [4.69, 9.17) is 0 Å². The highest BCUT2D eigenvalue weighted by molar-refractivity contribution is 9.09. The van der Waals surface area contributed by atoms with Gasteiger partial charge in [-0.05, 0) is 6.42 Å². The van der Waals surface area contributed by atoms with Gasteiger partial charge in [-0.25, -0.2) is 4.79 Å². The van der Waals surface area contributed by atoms with Gasteiger partial charge in [0.15, 0.2) is 11.2 Å². The molecule has 0 atom stereocenters. The second-order valence-electron chi connectivity index (χ2n) is 4.97. The summed E-state index contributed by atoms with van der Waals surface area (Å²) < 4.78 is 4.49. The number of anilines is 1. The summed E-state index contributed by atoms with van der Waals surface area (Å²) >= 11 is 3.42. The maximum Gasteiger partial charge on any atom is 0.332 e. The van der Waals surface area contributed by atoms with E-state index in [1.165, 1.54) is 11.6 Å². The van der Waals surface area contributed by atoms with Crippen molar-refractivity contribution in [3.63, 3.8) is 0 Å². The molecule has 108 valence electrons. The summed E-state index contributed by atoms with van der Waals surface area (Å²) in [5.41, 5.74) is 0.373. The lowest BCUT2D eigenvalue weighted by Gasteiger charge is -2.14. The van der Waals surface area contributed by atoms with E-state index >= 15 is 0 Å². The number of halogens is 1. The summed E-state index contributed by atoms with van der Waals surface area (Å²) in [4.78, 5) is 30.9. The quantitative estimate of drug-likeness (QED) is 0.739. The molecule has 0 aromatic carbocycles. The Kier molecular flexibility index (Phi) is 3.19. The van der Waals surface area contributed by atoms with Gasteiger partial charge in [0.25, 0.3) is 5.56 Å². The molecule has 2 aromatic rings. The molecule has 1 aliphatic heterocycles. The molecule has 8 heteroatoms. The second kappa shape index (κ2) is 4.76. The summed E-state index contributed by atoms with van der Waals surface area (Å²) in [6.07, 6.45) is 1.01. The molecule has 2 aromatic heterocycles. The molecule has 7 nitrogen and oxygen atoms in total. The summed E-state index contributed by atoms with van der Waals surface area (Å²) in [5, 5.41) is 0.935. The lowest BCUT2D eigenvalue weighted by atomic mass is 10.4. The number of rotatable bonds is 3. The first-order chi connectivity index (χ1) is 9.56. The van der Waals surface area contributed by atoms with E-state index in [0.717, 1.165) is 41.9 Å². The first-order valence-electron chi connectivity index (χ1n) is 6.53. The largest absolute Gasteiger partial charge is 0.340 e. The van der Waals surface area contributed by atoms with Gasteiger partial charge in [-0.15, -0.1) is 0 Å². The monoisotopic (exact) mass is 341 g/mol. The van der Waals surface area contributed by atoms with Gasteiger partial charge in [0.05, 0.1) is 0 Å². The Hall–Kier alpha value is -1.57. The Morgan fingerprint density at radius 3 is 2.65 bits per heavy atom. The Labute approximate surface area is 123 Å². The SMILES string of the molecule is Cn1c(=O)c2c(nc3n2CCN3CCCBr)n(C)c1=O. The smallest absolute Gasteiger partial charge is 0.332 e. The van der Waals surface area contributed by atoms with Crippen LogP contribution in [0.3, 0.4) is 0 Å². The van der Waals surface area contributed by atoms with Crippen molar-refractivity contribution in [1.82, 2.24) is 18.7 Å². The molecular formula is C12H16BrN5O2. The minimum Gasteiger partial charge on any atom is -0.340 e. The number of aromatic nitrogens is 4. The highest BCUT2D eigenvalue weighted by atomic mass is 79.9. The van der Waals surface area contributed by atoms with E-state index in [1.54, 1.807) is 7.05 Å². The van der Waals surface area contributed by atoms with Crippen molar-refractivity contribution in [2.24, 2.45) is 14.1 Å². The molecule has 0 saturated carbocycles. The summed E-state index contributed by atoms with van der Waals surface area (Å²) in [6.45, 7) is 2.49. The van der Waals surface area contributed by atoms with Crippen molar-refractivity contribution in [2.45, 2.75) is 13.0 Å². The minimum atomic E-state index is -0.341. The van der Waals surface area contributed by atoms with Crippen molar-refractivity contribution in [1.29, 1.82) is 0 Å². The summed E-state index contributed by atoms with van der Waals surface area (Å²) in [7, 11) is 3.15. The Morgan fingerprint density at radius 2 is 1.95 bits per heavy atom. The number of fused-ring (bicyclic) bond motifs is 3. The zero-order chi connectivity index (χ0) is 14.4. The van der Waals surface area contributed by atoms with E-state index < -0.39 is 0 Å². The van der Waals surface area contributed by atoms with E-state index in [2.05, 4.69) is 25.8 Å². The maximum atomic E-state index is 12.3. The second-order valence-corrected chi connectivity index (χ2v) is 5.76. The first-order valence-corrected chi connectivity index (χ1v) is 7.65. The van der Waals surface area contributed by atoms with Crippen LogP contribution in [-0.4, -0.2) is 37.1 Å². The fraction of sp³-hybridized carbons (Fsp3) is 0.583. The number of hydrogen-bond acceptors (Lipinski definition) is 4. The predicted molar refractivity (Wildman–Crippen MR) is 80.8 cm³/mol. The molecular weight excluding hydrogens is 326 g/mol. The van der Waals surface area contributed by atoms with Crippen LogP contribution in [0.1, 0.15) is 6.42 Å². The molecule has 0 amide bonds. The van der Waals surface area contributed by atoms with Gasteiger partial charge in [0.1, 0.15) is 0 Å². The molecule has 0 aliphatic carbocycles. The number of hydrogen-bond donors (Lipinski definition) is 0. The maximum absolute atomic E-state index is 12.3. The standard InChI is InChI=1S/C12H16BrN5O2/c1-15-9-8(10(19)16(2)12(15)20)18-7-6-17(5-3-4-13)11(18)14-9/h3-7H2,1-2H3. The molecule has 3 heterocycles. The minimum absolute atomic E-state index is 0.274. The highest BCUT2D eigenvalue weighted by Crippen LogP contribution is 2.24. The third-order valence-corrected chi connectivity index (χ3v) is 4.33.